The van der Waals surface area contributed by atoms with Gasteiger partial charge in [0.25, 0.3) is 0 Å². The first-order valence-electron chi connectivity index (χ1n) is 6.59. The van der Waals surface area contributed by atoms with Gasteiger partial charge in [0.05, 0.1) is 12.9 Å². The highest BCUT2D eigenvalue weighted by atomic mass is 16.5. The van der Waals surface area contributed by atoms with E-state index in [-0.39, 0.29) is 18.6 Å². The Balaban J connectivity index is 2.06. The van der Waals surface area contributed by atoms with Crippen LogP contribution in [-0.4, -0.2) is 28.1 Å². The molecule has 0 saturated carbocycles. The van der Waals surface area contributed by atoms with E-state index in [9.17, 15) is 0 Å². The Morgan fingerprint density at radius 1 is 1.15 bits per heavy atom. The van der Waals surface area contributed by atoms with E-state index in [1.54, 1.807) is 12.3 Å². The summed E-state index contributed by atoms with van der Waals surface area (Å²) in [5, 5.41) is 3.08. The van der Waals surface area contributed by atoms with Crippen LogP contribution >= 0.6 is 0 Å². The molecule has 108 valence electrons. The van der Waals surface area contributed by atoms with Crippen LogP contribution in [0.4, 0.5) is 5.95 Å². The molecule has 0 atom stereocenters. The molecular weight excluding hydrogens is 260 g/mol. The number of nitrogens with one attached hydrogen (secondary N) is 1. The van der Waals surface area contributed by atoms with Crippen molar-refractivity contribution in [3.8, 4) is 12.0 Å². The van der Waals surface area contributed by atoms with Gasteiger partial charge in [-0.05, 0) is 25.5 Å². The molecule has 0 amide bonds. The van der Waals surface area contributed by atoms with Crippen LogP contribution in [0.15, 0.2) is 22.8 Å². The highest BCUT2D eigenvalue weighted by Gasteiger charge is 2.09. The molecule has 0 aliphatic heterocycles. The number of furan rings is 1. The Hall–Kier alpha value is -2.31. The monoisotopic (exact) mass is 278 g/mol. The van der Waals surface area contributed by atoms with Gasteiger partial charge in [0.2, 0.25) is 5.95 Å². The van der Waals surface area contributed by atoms with Crippen LogP contribution in [-0.2, 0) is 6.61 Å². The van der Waals surface area contributed by atoms with Crippen LogP contribution < -0.4 is 14.8 Å². The molecule has 2 rings (SSSR count). The van der Waals surface area contributed by atoms with Crippen LogP contribution in [0.2, 0.25) is 0 Å². The van der Waals surface area contributed by atoms with Gasteiger partial charge < -0.3 is 19.2 Å². The lowest BCUT2D eigenvalue weighted by molar-refractivity contribution is 0.239. The van der Waals surface area contributed by atoms with Crippen molar-refractivity contribution in [2.24, 2.45) is 0 Å². The number of anilines is 1. The molecule has 0 aliphatic carbocycles. The van der Waals surface area contributed by atoms with Crippen molar-refractivity contribution >= 4 is 5.95 Å². The van der Waals surface area contributed by atoms with Crippen molar-refractivity contribution in [1.29, 1.82) is 0 Å². The first-order valence-corrected chi connectivity index (χ1v) is 6.59. The van der Waals surface area contributed by atoms with E-state index < -0.39 is 0 Å². The van der Waals surface area contributed by atoms with Crippen LogP contribution in [0.1, 0.15) is 26.0 Å². The van der Waals surface area contributed by atoms with Crippen molar-refractivity contribution in [2.45, 2.75) is 26.9 Å². The maximum absolute atomic E-state index is 5.48. The Labute approximate surface area is 117 Å². The summed E-state index contributed by atoms with van der Waals surface area (Å²) in [6.45, 7) is 5.44. The molecule has 0 aromatic carbocycles. The fourth-order valence-corrected chi connectivity index (χ4v) is 1.44. The van der Waals surface area contributed by atoms with Gasteiger partial charge >= 0.3 is 12.0 Å². The lowest BCUT2D eigenvalue weighted by atomic mass is 10.5. The smallest absolute Gasteiger partial charge is 0.324 e. The summed E-state index contributed by atoms with van der Waals surface area (Å²) in [7, 11) is 0. The minimum Gasteiger partial charge on any atom is -0.466 e. The normalized spacial score (nSPS) is 10.3. The zero-order valence-corrected chi connectivity index (χ0v) is 11.6. The predicted molar refractivity (Wildman–Crippen MR) is 72.8 cm³/mol. The SMILES string of the molecule is CCCNc1nc(OCC)nc(OCc2ccco2)n1. The summed E-state index contributed by atoms with van der Waals surface area (Å²) in [5.74, 6) is 1.14. The molecule has 0 fully saturated rings. The molecule has 2 heterocycles. The third kappa shape index (κ3) is 4.11. The Bertz CT molecular complexity index is 516. The van der Waals surface area contributed by atoms with Gasteiger partial charge in [0, 0.05) is 6.54 Å². The van der Waals surface area contributed by atoms with E-state index in [0.717, 1.165) is 13.0 Å². The van der Waals surface area contributed by atoms with Gasteiger partial charge in [0.15, 0.2) is 0 Å². The van der Waals surface area contributed by atoms with E-state index in [4.69, 9.17) is 13.9 Å². The summed E-state index contributed by atoms with van der Waals surface area (Å²) >= 11 is 0. The maximum atomic E-state index is 5.48. The van der Waals surface area contributed by atoms with Crippen LogP contribution in [0.5, 0.6) is 12.0 Å². The number of ether oxygens (including phenoxy) is 2. The zero-order chi connectivity index (χ0) is 14.2. The van der Waals surface area contributed by atoms with Crippen molar-refractivity contribution in [3.63, 3.8) is 0 Å². The van der Waals surface area contributed by atoms with Gasteiger partial charge in [0.1, 0.15) is 12.4 Å². The summed E-state index contributed by atoms with van der Waals surface area (Å²) in [6.07, 6.45) is 2.56. The molecule has 0 spiro atoms. The van der Waals surface area contributed by atoms with Crippen molar-refractivity contribution < 1.29 is 13.9 Å². The number of aromatic nitrogens is 3. The first-order chi connectivity index (χ1) is 9.81. The van der Waals surface area contributed by atoms with Crippen LogP contribution in [0.3, 0.4) is 0 Å². The van der Waals surface area contributed by atoms with Crippen molar-refractivity contribution in [2.75, 3.05) is 18.5 Å². The third-order valence-corrected chi connectivity index (χ3v) is 2.32. The number of rotatable bonds is 8. The second kappa shape index (κ2) is 7.32. The van der Waals surface area contributed by atoms with E-state index in [1.165, 1.54) is 0 Å². The Morgan fingerprint density at radius 2 is 1.95 bits per heavy atom. The summed E-state index contributed by atoms with van der Waals surface area (Å²) in [4.78, 5) is 12.4. The average Bonchev–Trinajstić information content (AvgIpc) is 2.96. The molecule has 2 aromatic rings. The summed E-state index contributed by atoms with van der Waals surface area (Å²) in [6, 6.07) is 4.07. The molecule has 0 aliphatic rings. The van der Waals surface area contributed by atoms with E-state index in [2.05, 4.69) is 27.2 Å². The van der Waals surface area contributed by atoms with Crippen LogP contribution in [0, 0.1) is 0 Å². The number of nitrogens with zero attached hydrogens (tertiary/aromatic N) is 3. The largest absolute Gasteiger partial charge is 0.466 e. The average molecular weight is 278 g/mol. The molecule has 0 saturated heterocycles. The third-order valence-electron chi connectivity index (χ3n) is 2.32. The quantitative estimate of drug-likeness (QED) is 0.793. The predicted octanol–water partition coefficient (Wildman–Crippen LogP) is 2.26. The maximum Gasteiger partial charge on any atom is 0.324 e. The summed E-state index contributed by atoms with van der Waals surface area (Å²) < 4.78 is 16.0. The lowest BCUT2D eigenvalue weighted by Gasteiger charge is -2.08. The second-order valence-electron chi connectivity index (χ2n) is 3.95. The highest BCUT2D eigenvalue weighted by molar-refractivity contribution is 5.27. The molecule has 20 heavy (non-hydrogen) atoms. The van der Waals surface area contributed by atoms with E-state index in [1.807, 2.05) is 13.0 Å². The molecule has 7 nitrogen and oxygen atoms in total. The van der Waals surface area contributed by atoms with Crippen molar-refractivity contribution in [1.82, 2.24) is 15.0 Å². The fraction of sp³-hybridized carbons (Fsp3) is 0.462. The molecule has 1 N–H and O–H groups in total. The Kier molecular flexibility index (Phi) is 5.16. The molecular formula is C13H18N4O3. The van der Waals surface area contributed by atoms with E-state index >= 15 is 0 Å². The minimum atomic E-state index is 0.207. The number of hydrogen-bond donors (Lipinski definition) is 1. The van der Waals surface area contributed by atoms with Crippen LogP contribution in [0.25, 0.3) is 0 Å². The first kappa shape index (κ1) is 14.1. The minimum absolute atomic E-state index is 0.207. The van der Waals surface area contributed by atoms with Gasteiger partial charge in [-0.2, -0.15) is 9.97 Å². The van der Waals surface area contributed by atoms with Gasteiger partial charge in [-0.3, -0.25) is 0 Å². The fourth-order valence-electron chi connectivity index (χ4n) is 1.44. The standard InChI is InChI=1S/C13H18N4O3/c1-3-7-14-11-15-12(18-4-2)17-13(16-11)20-9-10-6-5-8-19-10/h5-6,8H,3-4,7,9H2,1-2H3,(H,14,15,16,17). The zero-order valence-electron chi connectivity index (χ0n) is 11.6. The van der Waals surface area contributed by atoms with E-state index in [0.29, 0.717) is 18.3 Å². The second-order valence-corrected chi connectivity index (χ2v) is 3.95. The van der Waals surface area contributed by atoms with Crippen molar-refractivity contribution in [3.05, 3.63) is 24.2 Å². The summed E-state index contributed by atoms with van der Waals surface area (Å²) in [5.41, 5.74) is 0. The highest BCUT2D eigenvalue weighted by Crippen LogP contribution is 2.14. The molecule has 0 bridgehead atoms. The molecule has 2 aromatic heterocycles. The molecule has 0 unspecified atom stereocenters. The Morgan fingerprint density at radius 3 is 2.60 bits per heavy atom. The van der Waals surface area contributed by atoms with Gasteiger partial charge in [-0.25, -0.2) is 0 Å². The molecule has 7 heteroatoms. The van der Waals surface area contributed by atoms with Gasteiger partial charge in [-0.1, -0.05) is 6.92 Å². The number of hydrogen-bond acceptors (Lipinski definition) is 7. The lowest BCUT2D eigenvalue weighted by Crippen LogP contribution is -2.09. The topological polar surface area (TPSA) is 82.3 Å². The van der Waals surface area contributed by atoms with Gasteiger partial charge in [-0.15, -0.1) is 4.98 Å². The molecule has 0 radical (unpaired) electrons.